The normalized spacial score (nSPS) is 12.3. The van der Waals surface area contributed by atoms with Gasteiger partial charge in [-0.15, -0.1) is 0 Å². The predicted octanol–water partition coefficient (Wildman–Crippen LogP) is 2.08. The minimum atomic E-state index is 0.915. The summed E-state index contributed by atoms with van der Waals surface area (Å²) in [6.45, 7) is 1.97. The minimum absolute atomic E-state index is 0.915. The summed E-state index contributed by atoms with van der Waals surface area (Å²) in [6, 6.07) is 5.80. The lowest BCUT2D eigenvalue weighted by Crippen LogP contribution is -1.98. The number of aromatic nitrogens is 1. The Bertz CT molecular complexity index is 286. The smallest absolute Gasteiger partial charge is 0.0881 e. The largest absolute Gasteiger partial charge is 0.286 e. The molecule has 0 bridgehead atoms. The van der Waals surface area contributed by atoms with E-state index < -0.39 is 0 Å². The SMILES string of the molecule is CC=CC(=NC)c1ccccn1. The van der Waals surface area contributed by atoms with Crippen molar-refractivity contribution < 1.29 is 0 Å². The highest BCUT2D eigenvalue weighted by Crippen LogP contribution is 1.97. The molecule has 2 nitrogen and oxygen atoms in total. The molecule has 0 aliphatic heterocycles. The molecule has 0 spiro atoms. The van der Waals surface area contributed by atoms with Gasteiger partial charge in [-0.1, -0.05) is 12.1 Å². The van der Waals surface area contributed by atoms with Crippen molar-refractivity contribution in [3.8, 4) is 0 Å². The van der Waals surface area contributed by atoms with E-state index in [1.165, 1.54) is 0 Å². The average Bonchev–Trinajstić information content (AvgIpc) is 2.15. The van der Waals surface area contributed by atoms with Crippen LogP contribution in [0.1, 0.15) is 12.6 Å². The molecule has 1 aromatic heterocycles. The van der Waals surface area contributed by atoms with Gasteiger partial charge < -0.3 is 0 Å². The summed E-state index contributed by atoms with van der Waals surface area (Å²) in [5, 5.41) is 0. The molecule has 0 aromatic carbocycles. The quantitative estimate of drug-likeness (QED) is 0.608. The Morgan fingerprint density at radius 1 is 1.50 bits per heavy atom. The summed E-state index contributed by atoms with van der Waals surface area (Å²) >= 11 is 0. The maximum absolute atomic E-state index is 4.19. The van der Waals surface area contributed by atoms with Gasteiger partial charge in [0.05, 0.1) is 11.4 Å². The second-order valence-corrected chi connectivity index (χ2v) is 2.32. The lowest BCUT2D eigenvalue weighted by Gasteiger charge is -1.97. The van der Waals surface area contributed by atoms with E-state index in [-0.39, 0.29) is 0 Å². The number of nitrogens with zero attached hydrogens (tertiary/aromatic N) is 2. The molecule has 1 rings (SSSR count). The van der Waals surface area contributed by atoms with Crippen LogP contribution in [0.4, 0.5) is 0 Å². The molecule has 2 heteroatoms. The zero-order chi connectivity index (χ0) is 8.81. The van der Waals surface area contributed by atoms with Gasteiger partial charge >= 0.3 is 0 Å². The number of pyridine rings is 1. The van der Waals surface area contributed by atoms with Crippen molar-refractivity contribution >= 4 is 5.71 Å². The van der Waals surface area contributed by atoms with E-state index in [4.69, 9.17) is 0 Å². The highest BCUT2D eigenvalue weighted by atomic mass is 14.7. The van der Waals surface area contributed by atoms with Gasteiger partial charge in [0.1, 0.15) is 0 Å². The molecule has 12 heavy (non-hydrogen) atoms. The van der Waals surface area contributed by atoms with E-state index in [0.29, 0.717) is 0 Å². The zero-order valence-corrected chi connectivity index (χ0v) is 7.36. The van der Waals surface area contributed by atoms with Crippen LogP contribution >= 0.6 is 0 Å². The molecule has 0 radical (unpaired) electrons. The first kappa shape index (κ1) is 8.65. The Morgan fingerprint density at radius 3 is 2.83 bits per heavy atom. The summed E-state index contributed by atoms with van der Waals surface area (Å²) in [7, 11) is 1.77. The number of hydrogen-bond acceptors (Lipinski definition) is 2. The number of rotatable bonds is 2. The Balaban J connectivity index is 2.97. The summed E-state index contributed by atoms with van der Waals surface area (Å²) in [5.74, 6) is 0. The first-order valence-electron chi connectivity index (χ1n) is 3.89. The molecule has 62 valence electrons. The molecule has 0 amide bonds. The predicted molar refractivity (Wildman–Crippen MR) is 51.5 cm³/mol. The third kappa shape index (κ3) is 2.02. The average molecular weight is 160 g/mol. The standard InChI is InChI=1S/C10H12N2/c1-3-6-9(11-2)10-7-4-5-8-12-10/h3-8H,1-2H3. The van der Waals surface area contributed by atoms with Crippen LogP contribution in [0.15, 0.2) is 41.5 Å². The second kappa shape index (κ2) is 4.44. The third-order valence-corrected chi connectivity index (χ3v) is 1.49. The van der Waals surface area contributed by atoms with Crippen molar-refractivity contribution in [3.05, 3.63) is 42.2 Å². The van der Waals surface area contributed by atoms with E-state index >= 15 is 0 Å². The van der Waals surface area contributed by atoms with Crippen molar-refractivity contribution in [2.75, 3.05) is 7.05 Å². The Hall–Kier alpha value is -1.44. The fraction of sp³-hybridized carbons (Fsp3) is 0.200. The molecular weight excluding hydrogens is 148 g/mol. The minimum Gasteiger partial charge on any atom is -0.286 e. The highest BCUT2D eigenvalue weighted by Gasteiger charge is 1.96. The van der Waals surface area contributed by atoms with Crippen molar-refractivity contribution in [2.24, 2.45) is 4.99 Å². The van der Waals surface area contributed by atoms with E-state index in [1.54, 1.807) is 13.2 Å². The number of aliphatic imine (C=N–C) groups is 1. The molecule has 0 N–H and O–H groups in total. The van der Waals surface area contributed by atoms with Gasteiger partial charge in [0.2, 0.25) is 0 Å². The van der Waals surface area contributed by atoms with Crippen LogP contribution in [-0.4, -0.2) is 17.7 Å². The van der Waals surface area contributed by atoms with Crippen LogP contribution in [0.3, 0.4) is 0 Å². The molecule has 0 saturated heterocycles. The van der Waals surface area contributed by atoms with E-state index in [9.17, 15) is 0 Å². The van der Waals surface area contributed by atoms with Crippen LogP contribution in [-0.2, 0) is 0 Å². The van der Waals surface area contributed by atoms with Crippen LogP contribution < -0.4 is 0 Å². The van der Waals surface area contributed by atoms with Crippen molar-refractivity contribution in [1.82, 2.24) is 4.98 Å². The summed E-state index contributed by atoms with van der Waals surface area (Å²) in [6.07, 6.45) is 5.67. The molecule has 0 fully saturated rings. The van der Waals surface area contributed by atoms with Gasteiger partial charge in [0.25, 0.3) is 0 Å². The van der Waals surface area contributed by atoms with E-state index in [0.717, 1.165) is 11.4 Å². The lowest BCUT2D eigenvalue weighted by atomic mass is 10.2. The maximum Gasteiger partial charge on any atom is 0.0881 e. The third-order valence-electron chi connectivity index (χ3n) is 1.49. The second-order valence-electron chi connectivity index (χ2n) is 2.32. The van der Waals surface area contributed by atoms with Gasteiger partial charge in [-0.05, 0) is 25.1 Å². The maximum atomic E-state index is 4.19. The lowest BCUT2D eigenvalue weighted by molar-refractivity contribution is 1.28. The van der Waals surface area contributed by atoms with Crippen molar-refractivity contribution in [3.63, 3.8) is 0 Å². The first-order chi connectivity index (χ1) is 5.88. The molecule has 0 atom stereocenters. The van der Waals surface area contributed by atoms with Gasteiger partial charge in [-0.3, -0.25) is 9.98 Å². The fourth-order valence-corrected chi connectivity index (χ4v) is 0.947. The molecule has 1 heterocycles. The van der Waals surface area contributed by atoms with Crippen LogP contribution in [0.25, 0.3) is 0 Å². The molecule has 0 unspecified atom stereocenters. The van der Waals surface area contributed by atoms with Crippen molar-refractivity contribution in [1.29, 1.82) is 0 Å². The topological polar surface area (TPSA) is 25.2 Å². The van der Waals surface area contributed by atoms with E-state index in [1.807, 2.05) is 37.3 Å². The summed E-state index contributed by atoms with van der Waals surface area (Å²) in [5.41, 5.74) is 1.83. The van der Waals surface area contributed by atoms with Crippen LogP contribution in [0.2, 0.25) is 0 Å². The summed E-state index contributed by atoms with van der Waals surface area (Å²) in [4.78, 5) is 8.30. The Kier molecular flexibility index (Phi) is 3.20. The Morgan fingerprint density at radius 2 is 2.33 bits per heavy atom. The number of hydrogen-bond donors (Lipinski definition) is 0. The van der Waals surface area contributed by atoms with Gasteiger partial charge in [0.15, 0.2) is 0 Å². The van der Waals surface area contributed by atoms with Crippen molar-refractivity contribution in [2.45, 2.75) is 6.92 Å². The monoisotopic (exact) mass is 160 g/mol. The highest BCUT2D eigenvalue weighted by molar-refractivity contribution is 6.07. The molecule has 0 aliphatic carbocycles. The molecule has 0 aliphatic rings. The molecule has 1 aromatic rings. The first-order valence-corrected chi connectivity index (χ1v) is 3.89. The van der Waals surface area contributed by atoms with Crippen LogP contribution in [0.5, 0.6) is 0 Å². The summed E-state index contributed by atoms with van der Waals surface area (Å²) < 4.78 is 0. The molecular formula is C10H12N2. The van der Waals surface area contributed by atoms with E-state index in [2.05, 4.69) is 9.98 Å². The molecule has 0 saturated carbocycles. The van der Waals surface area contributed by atoms with Gasteiger partial charge in [-0.2, -0.15) is 0 Å². The zero-order valence-electron chi connectivity index (χ0n) is 7.36. The number of allylic oxidation sites excluding steroid dienone is 2. The fourth-order valence-electron chi connectivity index (χ4n) is 0.947. The van der Waals surface area contributed by atoms with Crippen LogP contribution in [0, 0.1) is 0 Å². The van der Waals surface area contributed by atoms with Gasteiger partial charge in [-0.25, -0.2) is 0 Å². The van der Waals surface area contributed by atoms with Gasteiger partial charge in [0, 0.05) is 13.2 Å². The Labute approximate surface area is 72.7 Å².